The van der Waals surface area contributed by atoms with Gasteiger partial charge in [0.15, 0.2) is 0 Å². The summed E-state index contributed by atoms with van der Waals surface area (Å²) >= 11 is 17.6. The van der Waals surface area contributed by atoms with Gasteiger partial charge in [0.1, 0.15) is 17.9 Å². The van der Waals surface area contributed by atoms with Crippen molar-refractivity contribution in [2.75, 3.05) is 6.54 Å². The van der Waals surface area contributed by atoms with E-state index in [0.29, 0.717) is 0 Å². The highest BCUT2D eigenvalue weighted by atomic mass is 35.5. The van der Waals surface area contributed by atoms with Gasteiger partial charge < -0.3 is 10.6 Å². The summed E-state index contributed by atoms with van der Waals surface area (Å²) in [5, 5.41) is 3.73. The van der Waals surface area contributed by atoms with Crippen LogP contribution in [0, 0.1) is 6.92 Å². The van der Waals surface area contributed by atoms with Crippen molar-refractivity contribution in [1.82, 2.24) is 10.6 Å². The van der Waals surface area contributed by atoms with E-state index < -0.39 is 48.2 Å². The van der Waals surface area contributed by atoms with Gasteiger partial charge in [0, 0.05) is 5.56 Å². The molecule has 0 aromatic heterocycles. The summed E-state index contributed by atoms with van der Waals surface area (Å²) in [6.07, 6.45) is -6.92. The molecule has 202 valence electrons. The molecule has 0 fully saturated rings. The number of aryl methyl sites for hydroxylation is 1. The van der Waals surface area contributed by atoms with Crippen molar-refractivity contribution in [3.05, 3.63) is 73.5 Å². The highest BCUT2D eigenvalue weighted by Gasteiger charge is 2.34. The quantitative estimate of drug-likeness (QED) is 0.247. The lowest BCUT2D eigenvalue weighted by Crippen LogP contribution is -2.56. The first-order chi connectivity index (χ1) is 16.9. The molecule has 37 heavy (non-hydrogen) atoms. The Hall–Kier alpha value is -2.43. The van der Waals surface area contributed by atoms with Crippen molar-refractivity contribution < 1.29 is 35.9 Å². The van der Waals surface area contributed by atoms with Gasteiger partial charge in [-0.3, -0.25) is 9.59 Å². The Balaban J connectivity index is 2.26. The van der Waals surface area contributed by atoms with Crippen molar-refractivity contribution in [1.29, 1.82) is 0 Å². The zero-order chi connectivity index (χ0) is 28.3. The summed E-state index contributed by atoms with van der Waals surface area (Å²) in [4.78, 5) is 24.7. The lowest BCUT2D eigenvalue weighted by atomic mass is 9.95. The van der Waals surface area contributed by atoms with Crippen LogP contribution in [0.15, 0.2) is 36.2 Å². The first-order valence-electron chi connectivity index (χ1n) is 10.5. The van der Waals surface area contributed by atoms with Crippen LogP contribution in [0.3, 0.4) is 0 Å². The largest absolute Gasteiger partial charge is 0.405 e. The number of rotatable bonds is 8. The van der Waals surface area contributed by atoms with Gasteiger partial charge in [-0.2, -0.15) is 13.2 Å². The molecule has 0 aliphatic heterocycles. The van der Waals surface area contributed by atoms with E-state index in [9.17, 15) is 35.9 Å². The van der Waals surface area contributed by atoms with Crippen LogP contribution >= 0.6 is 34.8 Å². The molecule has 0 saturated heterocycles. The van der Waals surface area contributed by atoms with Crippen LogP contribution in [0.1, 0.15) is 46.8 Å². The van der Waals surface area contributed by atoms with Gasteiger partial charge >= 0.3 is 6.18 Å². The number of carbonyl (C=O) groups excluding carboxylic acids is 2. The molecule has 0 heterocycles. The lowest BCUT2D eigenvalue weighted by molar-refractivity contribution is -0.141. The second-order valence-electron chi connectivity index (χ2n) is 8.59. The minimum absolute atomic E-state index is 0.0379. The maximum Gasteiger partial charge on any atom is 0.405 e. The Morgan fingerprint density at radius 3 is 2.08 bits per heavy atom. The second kappa shape index (κ2) is 12.0. The number of carbonyl (C=O) groups is 2. The Kier molecular flexibility index (Phi) is 9.95. The van der Waals surface area contributed by atoms with Gasteiger partial charge in [0.2, 0.25) is 5.91 Å². The standard InChI is InChI=1S/C24H21Cl3F6N2O2/c1-11-6-12(7-17(28)18(20(29)30)13-8-15(25)19(27)16(26)9-13)4-5-14(11)21(36)35-23(2,3)22(37)34-10-24(31,32)33/h4-9,18,20H,10H2,1-3H3,(H,34,37)(H,35,36). The minimum atomic E-state index is -4.62. The van der Waals surface area contributed by atoms with E-state index in [0.717, 1.165) is 18.2 Å². The summed E-state index contributed by atoms with van der Waals surface area (Å²) in [5.41, 5.74) is -1.41. The van der Waals surface area contributed by atoms with Gasteiger partial charge in [-0.15, -0.1) is 0 Å². The van der Waals surface area contributed by atoms with Gasteiger partial charge in [-0.25, -0.2) is 13.2 Å². The van der Waals surface area contributed by atoms with E-state index in [4.69, 9.17) is 34.8 Å². The van der Waals surface area contributed by atoms with Crippen molar-refractivity contribution in [2.24, 2.45) is 0 Å². The zero-order valence-electron chi connectivity index (χ0n) is 19.5. The van der Waals surface area contributed by atoms with Gasteiger partial charge in [-0.05, 0) is 61.7 Å². The lowest BCUT2D eigenvalue weighted by Gasteiger charge is -2.26. The van der Waals surface area contributed by atoms with Crippen LogP contribution in [-0.4, -0.2) is 36.5 Å². The van der Waals surface area contributed by atoms with Gasteiger partial charge in [-0.1, -0.05) is 46.9 Å². The fourth-order valence-corrected chi connectivity index (χ4v) is 3.88. The normalized spacial score (nSPS) is 13.5. The number of hydrogen-bond acceptors (Lipinski definition) is 2. The molecule has 0 saturated carbocycles. The maximum absolute atomic E-state index is 15.0. The molecule has 2 aromatic rings. The molecule has 2 N–H and O–H groups in total. The molecule has 1 atom stereocenters. The molecule has 4 nitrogen and oxygen atoms in total. The molecular weight excluding hydrogens is 569 g/mol. The summed E-state index contributed by atoms with van der Waals surface area (Å²) in [6.45, 7) is 2.35. The second-order valence-corrected chi connectivity index (χ2v) is 9.78. The minimum Gasteiger partial charge on any atom is -0.345 e. The van der Waals surface area contributed by atoms with Crippen LogP contribution < -0.4 is 10.6 Å². The monoisotopic (exact) mass is 588 g/mol. The van der Waals surface area contributed by atoms with Crippen molar-refractivity contribution in [3.63, 3.8) is 0 Å². The average Bonchev–Trinajstić information content (AvgIpc) is 2.74. The third kappa shape index (κ3) is 8.28. The SMILES string of the molecule is Cc1cc(C=C(F)C(c2cc(Cl)c(Cl)c(Cl)c2)C(F)F)ccc1C(=O)NC(C)(C)C(=O)NCC(F)(F)F. The molecule has 0 radical (unpaired) electrons. The first kappa shape index (κ1) is 30.8. The van der Waals surface area contributed by atoms with E-state index >= 15 is 0 Å². The van der Waals surface area contributed by atoms with E-state index in [1.54, 1.807) is 5.32 Å². The third-order valence-corrected chi connectivity index (χ3v) is 6.35. The molecular formula is C24H21Cl3F6N2O2. The molecule has 2 rings (SSSR count). The van der Waals surface area contributed by atoms with E-state index in [-0.39, 0.29) is 37.3 Å². The summed E-state index contributed by atoms with van der Waals surface area (Å²) in [6, 6.07) is 6.07. The molecule has 13 heteroatoms. The Bertz CT molecular complexity index is 1190. The van der Waals surface area contributed by atoms with Crippen LogP contribution in [0.2, 0.25) is 15.1 Å². The van der Waals surface area contributed by atoms with E-state index in [1.807, 2.05) is 0 Å². The number of allylic oxidation sites excluding steroid dienone is 1. The molecule has 2 amide bonds. The molecule has 0 aliphatic rings. The number of halogens is 9. The third-order valence-electron chi connectivity index (χ3n) is 5.16. The molecule has 0 aliphatic carbocycles. The fraction of sp³-hybridized carbons (Fsp3) is 0.333. The van der Waals surface area contributed by atoms with Gasteiger partial charge in [0.05, 0.1) is 21.0 Å². The van der Waals surface area contributed by atoms with Crippen molar-refractivity contribution in [2.45, 2.75) is 44.8 Å². The number of alkyl halides is 5. The van der Waals surface area contributed by atoms with Crippen LogP contribution in [0.5, 0.6) is 0 Å². The fourth-order valence-electron chi connectivity index (χ4n) is 3.27. The number of benzene rings is 2. The van der Waals surface area contributed by atoms with Crippen LogP contribution in [0.25, 0.3) is 6.08 Å². The molecule has 1 unspecified atom stereocenters. The maximum atomic E-state index is 15.0. The smallest absolute Gasteiger partial charge is 0.345 e. The highest BCUT2D eigenvalue weighted by molar-refractivity contribution is 6.48. The number of nitrogens with one attached hydrogen (secondary N) is 2. The molecule has 2 aromatic carbocycles. The van der Waals surface area contributed by atoms with Crippen molar-refractivity contribution in [3.8, 4) is 0 Å². The summed E-state index contributed by atoms with van der Waals surface area (Å²) < 4.78 is 79.6. The molecule has 0 bridgehead atoms. The average molecular weight is 590 g/mol. The van der Waals surface area contributed by atoms with E-state index in [2.05, 4.69) is 5.32 Å². The first-order valence-corrected chi connectivity index (χ1v) is 11.6. The Labute approximate surface area is 224 Å². The zero-order valence-corrected chi connectivity index (χ0v) is 21.8. The highest BCUT2D eigenvalue weighted by Crippen LogP contribution is 2.39. The Morgan fingerprint density at radius 1 is 1.03 bits per heavy atom. The van der Waals surface area contributed by atoms with Crippen molar-refractivity contribution >= 4 is 52.7 Å². The van der Waals surface area contributed by atoms with Crippen LogP contribution in [0.4, 0.5) is 26.3 Å². The predicted octanol–water partition coefficient (Wildman–Crippen LogP) is 7.50. The molecule has 0 spiro atoms. The topological polar surface area (TPSA) is 58.2 Å². The Morgan fingerprint density at radius 2 is 1.59 bits per heavy atom. The summed E-state index contributed by atoms with van der Waals surface area (Å²) in [7, 11) is 0. The number of amides is 2. The number of hydrogen-bond donors (Lipinski definition) is 2. The summed E-state index contributed by atoms with van der Waals surface area (Å²) in [5.74, 6) is -5.04. The predicted molar refractivity (Wildman–Crippen MR) is 131 cm³/mol. The van der Waals surface area contributed by atoms with E-state index in [1.165, 1.54) is 39.0 Å². The van der Waals surface area contributed by atoms with Crippen LogP contribution in [-0.2, 0) is 4.79 Å². The van der Waals surface area contributed by atoms with Gasteiger partial charge in [0.25, 0.3) is 12.3 Å².